The summed E-state index contributed by atoms with van der Waals surface area (Å²) in [6.07, 6.45) is 0.563. The molecule has 0 heterocycles. The number of rotatable bonds is 5. The van der Waals surface area contributed by atoms with E-state index >= 15 is 0 Å². The minimum atomic E-state index is -0.343. The number of carbonyl (C=O) groups excluding carboxylic acids is 1. The van der Waals surface area contributed by atoms with Crippen molar-refractivity contribution < 1.29 is 14.3 Å². The summed E-state index contributed by atoms with van der Waals surface area (Å²) < 4.78 is 10.7. The third kappa shape index (κ3) is 3.71. The Hall–Kier alpha value is -1.07. The third-order valence-corrected chi connectivity index (χ3v) is 3.26. The van der Waals surface area contributed by atoms with Crippen LogP contribution in [0.25, 0.3) is 0 Å². The Morgan fingerprint density at radius 3 is 2.65 bits per heavy atom. The number of methoxy groups -OCH3 is 2. The van der Waals surface area contributed by atoms with Crippen LogP contribution in [0.3, 0.4) is 0 Å². The summed E-state index contributed by atoms with van der Waals surface area (Å²) in [4.78, 5) is 11.5. The predicted octanol–water partition coefficient (Wildman–Crippen LogP) is 1.76. The van der Waals surface area contributed by atoms with Crippen molar-refractivity contribution in [2.24, 2.45) is 0 Å². The van der Waals surface area contributed by atoms with Crippen LogP contribution in [0.1, 0.15) is 5.56 Å². The summed E-state index contributed by atoms with van der Waals surface area (Å²) >= 11 is 3.46. The maximum absolute atomic E-state index is 11.5. The van der Waals surface area contributed by atoms with Gasteiger partial charge in [-0.2, -0.15) is 0 Å². The van der Waals surface area contributed by atoms with Crippen LogP contribution in [-0.2, 0) is 16.0 Å². The predicted molar refractivity (Wildman–Crippen MR) is 69.3 cm³/mol. The molecule has 0 unspecified atom stereocenters. The van der Waals surface area contributed by atoms with E-state index in [9.17, 15) is 4.79 Å². The van der Waals surface area contributed by atoms with Crippen molar-refractivity contribution in [3.8, 4) is 5.75 Å². The van der Waals surface area contributed by atoms with Gasteiger partial charge in [-0.25, -0.2) is 0 Å². The molecule has 5 heteroatoms. The van der Waals surface area contributed by atoms with Gasteiger partial charge in [0.05, 0.1) is 14.2 Å². The molecule has 0 fully saturated rings. The van der Waals surface area contributed by atoms with Gasteiger partial charge in [0.2, 0.25) is 0 Å². The van der Waals surface area contributed by atoms with Crippen LogP contribution >= 0.6 is 15.9 Å². The van der Waals surface area contributed by atoms with Gasteiger partial charge in [-0.15, -0.1) is 0 Å². The van der Waals surface area contributed by atoms with E-state index in [-0.39, 0.29) is 12.0 Å². The van der Waals surface area contributed by atoms with Gasteiger partial charge in [0, 0.05) is 4.47 Å². The van der Waals surface area contributed by atoms with Crippen molar-refractivity contribution >= 4 is 21.9 Å². The first kappa shape index (κ1) is 14.0. The number of benzene rings is 1. The summed E-state index contributed by atoms with van der Waals surface area (Å²) in [5.74, 6) is 0.509. The fraction of sp³-hybridized carbons (Fsp3) is 0.417. The van der Waals surface area contributed by atoms with E-state index in [2.05, 4.69) is 21.2 Å². The quantitative estimate of drug-likeness (QED) is 0.842. The monoisotopic (exact) mass is 301 g/mol. The average Bonchev–Trinajstić information content (AvgIpc) is 2.36. The number of esters is 1. The molecular weight excluding hydrogens is 286 g/mol. The number of halogens is 1. The zero-order valence-corrected chi connectivity index (χ0v) is 11.7. The third-order valence-electron chi connectivity index (χ3n) is 2.52. The molecule has 1 aromatic carbocycles. The van der Waals surface area contributed by atoms with Gasteiger partial charge in [-0.3, -0.25) is 4.79 Å². The number of hydrogen-bond acceptors (Lipinski definition) is 4. The minimum absolute atomic E-state index is 0.268. The molecule has 0 spiro atoms. The molecule has 0 radical (unpaired) electrons. The lowest BCUT2D eigenvalue weighted by Gasteiger charge is -2.15. The average molecular weight is 302 g/mol. The molecule has 1 N–H and O–H groups in total. The lowest BCUT2D eigenvalue weighted by atomic mass is 10.1. The summed E-state index contributed by atoms with van der Waals surface area (Å²) in [5, 5.41) is 2.93. The Morgan fingerprint density at radius 2 is 2.18 bits per heavy atom. The Balaban J connectivity index is 2.83. The molecule has 1 aromatic rings. The van der Waals surface area contributed by atoms with Crippen LogP contribution in [0.15, 0.2) is 22.7 Å². The summed E-state index contributed by atoms with van der Waals surface area (Å²) in [7, 11) is 4.74. The zero-order chi connectivity index (χ0) is 12.8. The molecule has 0 aliphatic carbocycles. The lowest BCUT2D eigenvalue weighted by molar-refractivity contribution is -0.142. The van der Waals surface area contributed by atoms with E-state index in [1.165, 1.54) is 7.11 Å². The fourth-order valence-electron chi connectivity index (χ4n) is 1.49. The molecule has 0 amide bonds. The standard InChI is InChI=1S/C12H16BrNO3/c1-14-11(12(15)17-3)6-8-4-5-9(16-2)7-10(8)13/h4-5,7,11,14H,6H2,1-3H3/t11-/m1/s1. The van der Waals surface area contributed by atoms with Gasteiger partial charge in [0.15, 0.2) is 0 Å². The van der Waals surface area contributed by atoms with E-state index in [1.54, 1.807) is 14.2 Å². The minimum Gasteiger partial charge on any atom is -0.497 e. The zero-order valence-electron chi connectivity index (χ0n) is 10.1. The highest BCUT2D eigenvalue weighted by Crippen LogP contribution is 2.24. The van der Waals surface area contributed by atoms with Crippen LogP contribution < -0.4 is 10.1 Å². The lowest BCUT2D eigenvalue weighted by Crippen LogP contribution is -2.36. The Labute approximate surface area is 109 Å². The van der Waals surface area contributed by atoms with Crippen molar-refractivity contribution in [2.45, 2.75) is 12.5 Å². The SMILES string of the molecule is CN[C@H](Cc1ccc(OC)cc1Br)C(=O)OC. The molecule has 0 saturated carbocycles. The molecular formula is C12H16BrNO3. The van der Waals surface area contributed by atoms with E-state index in [4.69, 9.17) is 9.47 Å². The van der Waals surface area contributed by atoms with Crippen molar-refractivity contribution in [1.82, 2.24) is 5.32 Å². The van der Waals surface area contributed by atoms with Crippen molar-refractivity contribution in [3.05, 3.63) is 28.2 Å². The highest BCUT2D eigenvalue weighted by atomic mass is 79.9. The maximum Gasteiger partial charge on any atom is 0.323 e. The normalized spacial score (nSPS) is 12.0. The molecule has 0 aromatic heterocycles. The molecule has 0 aliphatic rings. The Kier molecular flexibility index (Phi) is 5.44. The van der Waals surface area contributed by atoms with Gasteiger partial charge in [-0.05, 0) is 31.2 Å². The van der Waals surface area contributed by atoms with Crippen LogP contribution in [0.2, 0.25) is 0 Å². The highest BCUT2D eigenvalue weighted by molar-refractivity contribution is 9.10. The highest BCUT2D eigenvalue weighted by Gasteiger charge is 2.18. The van der Waals surface area contributed by atoms with E-state index in [0.29, 0.717) is 6.42 Å². The number of ether oxygens (including phenoxy) is 2. The molecule has 17 heavy (non-hydrogen) atoms. The van der Waals surface area contributed by atoms with E-state index in [0.717, 1.165) is 15.8 Å². The van der Waals surface area contributed by atoms with Crippen LogP contribution in [0, 0.1) is 0 Å². The van der Waals surface area contributed by atoms with E-state index < -0.39 is 0 Å². The largest absolute Gasteiger partial charge is 0.497 e. The molecule has 4 nitrogen and oxygen atoms in total. The first-order chi connectivity index (χ1) is 8.12. The summed E-state index contributed by atoms with van der Waals surface area (Å²) in [5.41, 5.74) is 1.02. The Bertz CT molecular complexity index is 395. The van der Waals surface area contributed by atoms with Crippen molar-refractivity contribution in [3.63, 3.8) is 0 Å². The van der Waals surface area contributed by atoms with Crippen LogP contribution in [0.4, 0.5) is 0 Å². The van der Waals surface area contributed by atoms with Gasteiger partial charge in [-0.1, -0.05) is 22.0 Å². The second-order valence-corrected chi connectivity index (χ2v) is 4.38. The number of nitrogens with one attached hydrogen (secondary N) is 1. The second-order valence-electron chi connectivity index (χ2n) is 3.53. The van der Waals surface area contributed by atoms with Gasteiger partial charge in [0.25, 0.3) is 0 Å². The second kappa shape index (κ2) is 6.61. The van der Waals surface area contributed by atoms with Crippen molar-refractivity contribution in [2.75, 3.05) is 21.3 Å². The first-order valence-corrected chi connectivity index (χ1v) is 5.99. The van der Waals surface area contributed by atoms with E-state index in [1.807, 2.05) is 18.2 Å². The number of hydrogen-bond donors (Lipinski definition) is 1. The van der Waals surface area contributed by atoms with Crippen LogP contribution in [-0.4, -0.2) is 33.3 Å². The molecule has 0 aliphatic heterocycles. The molecule has 1 rings (SSSR count). The van der Waals surface area contributed by atoms with Crippen LogP contribution in [0.5, 0.6) is 5.75 Å². The number of carbonyl (C=O) groups is 1. The Morgan fingerprint density at radius 1 is 1.47 bits per heavy atom. The maximum atomic E-state index is 11.5. The molecule has 0 saturated heterocycles. The van der Waals surface area contributed by atoms with Gasteiger partial charge >= 0.3 is 5.97 Å². The smallest absolute Gasteiger partial charge is 0.323 e. The van der Waals surface area contributed by atoms with Gasteiger partial charge in [0.1, 0.15) is 11.8 Å². The molecule has 94 valence electrons. The first-order valence-electron chi connectivity index (χ1n) is 5.20. The fourth-order valence-corrected chi connectivity index (χ4v) is 2.01. The molecule has 1 atom stereocenters. The topological polar surface area (TPSA) is 47.6 Å². The summed E-state index contributed by atoms with van der Waals surface area (Å²) in [6.45, 7) is 0. The summed E-state index contributed by atoms with van der Waals surface area (Å²) in [6, 6.07) is 5.32. The van der Waals surface area contributed by atoms with Gasteiger partial charge < -0.3 is 14.8 Å². The van der Waals surface area contributed by atoms with Crippen molar-refractivity contribution in [1.29, 1.82) is 0 Å². The molecule has 0 bridgehead atoms. The number of likely N-dealkylation sites (N-methyl/N-ethyl adjacent to an activating group) is 1.